The van der Waals surface area contributed by atoms with E-state index >= 15 is 0 Å². The van der Waals surface area contributed by atoms with Gasteiger partial charge in [0, 0.05) is 11.7 Å². The average Bonchev–Trinajstić information content (AvgIpc) is 3.69. The quantitative estimate of drug-likeness (QED) is 0.376. The summed E-state index contributed by atoms with van der Waals surface area (Å²) in [6.07, 6.45) is 5.13. The fraction of sp³-hybridized carbons (Fsp3) is 0.345. The number of ether oxygens (including phenoxy) is 4. The van der Waals surface area contributed by atoms with Crippen LogP contribution in [0.4, 0.5) is 5.69 Å². The molecule has 0 bridgehead atoms. The lowest BCUT2D eigenvalue weighted by Crippen LogP contribution is -2.46. The Balaban J connectivity index is 1.90. The second kappa shape index (κ2) is 12.4. The van der Waals surface area contributed by atoms with E-state index in [9.17, 15) is 14.4 Å². The molecular formula is C29H32N2O8. The van der Waals surface area contributed by atoms with Crippen LogP contribution in [0, 0.1) is 0 Å². The molecule has 1 saturated carbocycles. The van der Waals surface area contributed by atoms with E-state index in [2.05, 4.69) is 5.32 Å². The summed E-state index contributed by atoms with van der Waals surface area (Å²) in [4.78, 5) is 41.4. The molecule has 1 aromatic heterocycles. The number of carbonyl (C=O) groups is 3. The molecule has 1 fully saturated rings. The molecule has 1 aliphatic rings. The summed E-state index contributed by atoms with van der Waals surface area (Å²) in [5.41, 5.74) is 1.09. The second-order valence-electron chi connectivity index (χ2n) is 9.04. The van der Waals surface area contributed by atoms with Crippen molar-refractivity contribution < 1.29 is 37.7 Å². The number of benzene rings is 2. The van der Waals surface area contributed by atoms with Gasteiger partial charge >= 0.3 is 5.97 Å². The monoisotopic (exact) mass is 536 g/mol. The van der Waals surface area contributed by atoms with Crippen LogP contribution in [0.1, 0.15) is 58.2 Å². The standard InChI is InChI=1S/C29H32N2O8/c1-35-23-16-19(17-24(36-2)26(23)37-3)25(27(32)30-20-8-5-6-9-20)31(28(33)22-10-7-15-39-22)21-13-11-18(12-14-21)29(34)38-4/h7,10-17,20,25H,5-6,8-9H2,1-4H3,(H,30,32). The molecule has 2 aromatic carbocycles. The first-order chi connectivity index (χ1) is 18.9. The van der Waals surface area contributed by atoms with Gasteiger partial charge in [0.25, 0.3) is 5.91 Å². The number of anilines is 1. The highest BCUT2D eigenvalue weighted by Crippen LogP contribution is 2.42. The number of amides is 2. The summed E-state index contributed by atoms with van der Waals surface area (Å²) < 4.78 is 26.8. The number of methoxy groups -OCH3 is 4. The predicted molar refractivity (Wildman–Crippen MR) is 143 cm³/mol. The number of rotatable bonds is 10. The molecule has 0 aliphatic heterocycles. The van der Waals surface area contributed by atoms with Crippen LogP contribution in [0.2, 0.25) is 0 Å². The van der Waals surface area contributed by atoms with Crippen molar-refractivity contribution in [2.75, 3.05) is 33.3 Å². The van der Waals surface area contributed by atoms with Crippen molar-refractivity contribution >= 4 is 23.5 Å². The number of nitrogens with zero attached hydrogens (tertiary/aromatic N) is 1. The van der Waals surface area contributed by atoms with E-state index < -0.39 is 17.9 Å². The Morgan fingerprint density at radius 1 is 0.923 bits per heavy atom. The summed E-state index contributed by atoms with van der Waals surface area (Å²) in [6, 6.07) is 11.5. The minimum Gasteiger partial charge on any atom is -0.493 e. The molecule has 1 heterocycles. The van der Waals surface area contributed by atoms with Crippen molar-refractivity contribution in [3.05, 3.63) is 71.7 Å². The lowest BCUT2D eigenvalue weighted by Gasteiger charge is -2.32. The highest BCUT2D eigenvalue weighted by Gasteiger charge is 2.37. The molecule has 0 radical (unpaired) electrons. The van der Waals surface area contributed by atoms with Gasteiger partial charge in [-0.2, -0.15) is 0 Å². The van der Waals surface area contributed by atoms with E-state index in [-0.39, 0.29) is 17.7 Å². The Morgan fingerprint density at radius 3 is 2.08 bits per heavy atom. The topological polar surface area (TPSA) is 117 Å². The maximum atomic E-state index is 14.0. The second-order valence-corrected chi connectivity index (χ2v) is 9.04. The van der Waals surface area contributed by atoms with Crippen molar-refractivity contribution in [3.63, 3.8) is 0 Å². The molecule has 4 rings (SSSR count). The van der Waals surface area contributed by atoms with Crippen LogP contribution in [0.5, 0.6) is 17.2 Å². The normalized spacial score (nSPS) is 13.8. The third kappa shape index (κ3) is 5.84. The van der Waals surface area contributed by atoms with Gasteiger partial charge in [0.1, 0.15) is 6.04 Å². The summed E-state index contributed by atoms with van der Waals surface area (Å²) >= 11 is 0. The average molecular weight is 537 g/mol. The van der Waals surface area contributed by atoms with Crippen LogP contribution in [0.3, 0.4) is 0 Å². The minimum atomic E-state index is -1.15. The first-order valence-corrected chi connectivity index (χ1v) is 12.6. The van der Waals surface area contributed by atoms with Crippen molar-refractivity contribution in [3.8, 4) is 17.2 Å². The van der Waals surface area contributed by atoms with Crippen LogP contribution in [0.25, 0.3) is 0 Å². The van der Waals surface area contributed by atoms with E-state index in [1.54, 1.807) is 30.3 Å². The van der Waals surface area contributed by atoms with Gasteiger partial charge in [0.15, 0.2) is 17.3 Å². The number of hydrogen-bond acceptors (Lipinski definition) is 8. The smallest absolute Gasteiger partial charge is 0.337 e. The first-order valence-electron chi connectivity index (χ1n) is 12.6. The summed E-state index contributed by atoms with van der Waals surface area (Å²) in [5.74, 6) is -0.401. The molecule has 1 N–H and O–H groups in total. The van der Waals surface area contributed by atoms with Crippen LogP contribution in [-0.4, -0.2) is 52.3 Å². The number of esters is 1. The third-order valence-corrected chi connectivity index (χ3v) is 6.73. The number of nitrogens with one attached hydrogen (secondary N) is 1. The lowest BCUT2D eigenvalue weighted by molar-refractivity contribution is -0.123. The molecule has 10 heteroatoms. The highest BCUT2D eigenvalue weighted by atomic mass is 16.5. The Bertz CT molecular complexity index is 1270. The molecule has 1 atom stereocenters. The number of carbonyl (C=O) groups excluding carboxylic acids is 3. The van der Waals surface area contributed by atoms with Crippen LogP contribution in [0.15, 0.2) is 59.2 Å². The summed E-state index contributed by atoms with van der Waals surface area (Å²) in [5, 5.41) is 3.12. The van der Waals surface area contributed by atoms with Crippen molar-refractivity contribution in [1.29, 1.82) is 0 Å². The number of furan rings is 1. The van der Waals surface area contributed by atoms with Crippen LogP contribution >= 0.6 is 0 Å². The third-order valence-electron chi connectivity index (χ3n) is 6.73. The molecule has 3 aromatic rings. The maximum absolute atomic E-state index is 14.0. The highest BCUT2D eigenvalue weighted by molar-refractivity contribution is 6.09. The fourth-order valence-electron chi connectivity index (χ4n) is 4.81. The van der Waals surface area contributed by atoms with Gasteiger partial charge < -0.3 is 28.7 Å². The zero-order chi connectivity index (χ0) is 27.9. The van der Waals surface area contributed by atoms with Crippen LogP contribution < -0.4 is 24.4 Å². The van der Waals surface area contributed by atoms with E-state index in [0.29, 0.717) is 34.1 Å². The number of hydrogen-bond donors (Lipinski definition) is 1. The molecule has 206 valence electrons. The predicted octanol–water partition coefficient (Wildman–Crippen LogP) is 4.54. The van der Waals surface area contributed by atoms with Gasteiger partial charge in [-0.05, 0) is 66.9 Å². The molecule has 1 unspecified atom stereocenters. The largest absolute Gasteiger partial charge is 0.493 e. The Hall–Kier alpha value is -4.47. The SMILES string of the molecule is COC(=O)c1ccc(N(C(=O)c2ccco2)C(C(=O)NC2CCCC2)c2cc(OC)c(OC)c(OC)c2)cc1. The zero-order valence-electron chi connectivity index (χ0n) is 22.4. The van der Waals surface area contributed by atoms with Gasteiger partial charge in [-0.25, -0.2) is 4.79 Å². The van der Waals surface area contributed by atoms with E-state index in [1.165, 1.54) is 57.8 Å². The van der Waals surface area contributed by atoms with E-state index in [1.807, 2.05) is 0 Å². The maximum Gasteiger partial charge on any atom is 0.337 e. The molecule has 0 saturated heterocycles. The van der Waals surface area contributed by atoms with Crippen molar-refractivity contribution in [2.45, 2.75) is 37.8 Å². The van der Waals surface area contributed by atoms with Gasteiger partial charge in [-0.3, -0.25) is 14.5 Å². The molecular weight excluding hydrogens is 504 g/mol. The lowest BCUT2D eigenvalue weighted by atomic mass is 10.00. The van der Waals surface area contributed by atoms with Gasteiger partial charge in [-0.15, -0.1) is 0 Å². The van der Waals surface area contributed by atoms with Crippen LogP contribution in [-0.2, 0) is 9.53 Å². The molecule has 10 nitrogen and oxygen atoms in total. The zero-order valence-corrected chi connectivity index (χ0v) is 22.4. The summed E-state index contributed by atoms with van der Waals surface area (Å²) in [6.45, 7) is 0. The Kier molecular flexibility index (Phi) is 8.75. The van der Waals surface area contributed by atoms with Gasteiger partial charge in [0.05, 0.1) is 40.3 Å². The molecule has 0 spiro atoms. The van der Waals surface area contributed by atoms with Gasteiger partial charge in [0.2, 0.25) is 11.7 Å². The van der Waals surface area contributed by atoms with E-state index in [0.717, 1.165) is 25.7 Å². The Morgan fingerprint density at radius 2 is 1.56 bits per heavy atom. The molecule has 39 heavy (non-hydrogen) atoms. The first kappa shape index (κ1) is 27.6. The molecule has 2 amide bonds. The molecule has 1 aliphatic carbocycles. The van der Waals surface area contributed by atoms with Crippen molar-refractivity contribution in [2.24, 2.45) is 0 Å². The summed E-state index contributed by atoms with van der Waals surface area (Å²) in [7, 11) is 5.73. The van der Waals surface area contributed by atoms with E-state index in [4.69, 9.17) is 23.4 Å². The van der Waals surface area contributed by atoms with Gasteiger partial charge in [-0.1, -0.05) is 12.8 Å². The Labute approximate surface area is 226 Å². The van der Waals surface area contributed by atoms with Crippen molar-refractivity contribution in [1.82, 2.24) is 5.32 Å². The minimum absolute atomic E-state index is 0.00990. The fourth-order valence-corrected chi connectivity index (χ4v) is 4.81.